The van der Waals surface area contributed by atoms with Crippen LogP contribution in [0.15, 0.2) is 69.3 Å². The summed E-state index contributed by atoms with van der Waals surface area (Å²) in [7, 11) is 0. The number of allylic oxidation sites excluding steroid dienone is 4. The first-order valence-corrected chi connectivity index (χ1v) is 16.3. The third kappa shape index (κ3) is 6.63. The summed E-state index contributed by atoms with van der Waals surface area (Å²) >= 11 is 0. The number of anilines is 2. The zero-order valence-electron chi connectivity index (χ0n) is 29.4. The van der Waals surface area contributed by atoms with E-state index >= 15 is 0 Å². The molecule has 0 fully saturated rings. The number of nitrogen functional groups attached to an aromatic ring is 2. The highest BCUT2D eigenvalue weighted by molar-refractivity contribution is 6.02. The number of aromatic hydroxyl groups is 1. The average Bonchev–Trinajstić information content (AvgIpc) is 3.95. The maximum absolute atomic E-state index is 11.8. The molecule has 0 radical (unpaired) electrons. The van der Waals surface area contributed by atoms with Crippen molar-refractivity contribution in [1.82, 2.24) is 54.1 Å². The van der Waals surface area contributed by atoms with Gasteiger partial charge in [-0.25, -0.2) is 23.8 Å². The molecule has 0 spiro atoms. The number of hydrogen-bond donors (Lipinski definition) is 5. The quantitative estimate of drug-likeness (QED) is 0.0909. The van der Waals surface area contributed by atoms with Crippen LogP contribution in [0.2, 0.25) is 0 Å². The van der Waals surface area contributed by atoms with E-state index < -0.39 is 29.1 Å². The third-order valence-corrected chi connectivity index (χ3v) is 8.23. The second kappa shape index (κ2) is 14.5. The van der Waals surface area contributed by atoms with Crippen molar-refractivity contribution in [2.24, 2.45) is 20.5 Å². The largest absolute Gasteiger partial charge is 0.479 e. The van der Waals surface area contributed by atoms with E-state index in [0.29, 0.717) is 5.69 Å². The van der Waals surface area contributed by atoms with Gasteiger partial charge in [-0.2, -0.15) is 50.0 Å². The van der Waals surface area contributed by atoms with Gasteiger partial charge in [0.25, 0.3) is 17.6 Å². The van der Waals surface area contributed by atoms with Crippen LogP contribution in [0, 0.1) is 31.8 Å². The Balaban J connectivity index is 1.22. The molecule has 5 aromatic heterocycles. The zero-order valence-corrected chi connectivity index (χ0v) is 29.4. The highest BCUT2D eigenvalue weighted by Gasteiger charge is 2.24. The lowest BCUT2D eigenvalue weighted by atomic mass is 10.1. The fourth-order valence-corrected chi connectivity index (χ4v) is 5.54. The Morgan fingerprint density at radius 1 is 0.842 bits per heavy atom. The summed E-state index contributed by atoms with van der Waals surface area (Å²) in [4.78, 5) is 39.0. The minimum Gasteiger partial charge on any atom is -0.479 e. The summed E-state index contributed by atoms with van der Waals surface area (Å²) in [6, 6.07) is 4.76. The number of nitriles is 1. The molecule has 5 heterocycles. The maximum atomic E-state index is 11.8. The molecule has 57 heavy (non-hydrogen) atoms. The van der Waals surface area contributed by atoms with Crippen molar-refractivity contribution in [3.05, 3.63) is 88.3 Å². The van der Waals surface area contributed by atoms with Crippen LogP contribution in [-0.2, 0) is 0 Å². The molecule has 1 aliphatic carbocycles. The van der Waals surface area contributed by atoms with Gasteiger partial charge in [0, 0.05) is 0 Å². The number of aromatic nitrogens is 11. The fourth-order valence-electron chi connectivity index (χ4n) is 5.54. The Bertz CT molecular complexity index is 2860. The van der Waals surface area contributed by atoms with Crippen molar-refractivity contribution in [2.75, 3.05) is 11.5 Å². The highest BCUT2D eigenvalue weighted by Crippen LogP contribution is 2.36. The molecule has 24 nitrogen and oxygen atoms in total. The summed E-state index contributed by atoms with van der Waals surface area (Å²) in [5, 5.41) is 73.2. The normalized spacial score (nSPS) is 12.6. The Morgan fingerprint density at radius 3 is 2.02 bits per heavy atom. The molecule has 0 unspecified atom stereocenters. The summed E-state index contributed by atoms with van der Waals surface area (Å²) in [6.45, 7) is 10.7. The first-order chi connectivity index (χ1) is 27.4. The Morgan fingerprint density at radius 2 is 1.46 bits per heavy atom. The van der Waals surface area contributed by atoms with Gasteiger partial charge >= 0.3 is 17.9 Å². The van der Waals surface area contributed by atoms with E-state index in [4.69, 9.17) is 18.0 Å². The number of azo groups is 2. The van der Waals surface area contributed by atoms with Gasteiger partial charge in [-0.3, -0.25) is 0 Å². The fraction of sp³-hybridized carbons (Fsp3) is 0.121. The van der Waals surface area contributed by atoms with Crippen LogP contribution in [0.25, 0.3) is 28.1 Å². The smallest absolute Gasteiger partial charge is 0.336 e. The van der Waals surface area contributed by atoms with E-state index in [1.54, 1.807) is 6.92 Å². The molecule has 1 aromatic carbocycles. The lowest BCUT2D eigenvalue weighted by molar-refractivity contribution is 0.0651. The first-order valence-electron chi connectivity index (χ1n) is 16.3. The van der Waals surface area contributed by atoms with E-state index in [1.165, 1.54) is 30.1 Å². The van der Waals surface area contributed by atoms with E-state index in [2.05, 4.69) is 66.7 Å². The monoisotopic (exact) mass is 767 g/mol. The van der Waals surface area contributed by atoms with Crippen molar-refractivity contribution in [2.45, 2.75) is 26.7 Å². The van der Waals surface area contributed by atoms with Crippen LogP contribution in [0.5, 0.6) is 6.01 Å². The number of carbonyl (C=O) groups is 2. The molecule has 1 aliphatic rings. The number of aromatic carboxylic acids is 2. The number of benzene rings is 1. The Kier molecular flexibility index (Phi) is 9.25. The number of carboxylic acids is 2. The molecule has 24 heteroatoms. The summed E-state index contributed by atoms with van der Waals surface area (Å²) < 4.78 is 4.72. The summed E-state index contributed by atoms with van der Waals surface area (Å²) in [5.74, 6) is -3.66. The van der Waals surface area contributed by atoms with Gasteiger partial charge in [0.05, 0.1) is 52.9 Å². The lowest BCUT2D eigenvalue weighted by Crippen LogP contribution is -2.13. The van der Waals surface area contributed by atoms with Crippen LogP contribution >= 0.6 is 0 Å². The number of aryl methyl sites for hydroxylation is 2. The van der Waals surface area contributed by atoms with Crippen molar-refractivity contribution in [3.8, 4) is 29.7 Å². The minimum atomic E-state index is -1.49. The second-order valence-corrected chi connectivity index (χ2v) is 11.8. The predicted octanol–water partition coefficient (Wildman–Crippen LogP) is 4.95. The van der Waals surface area contributed by atoms with Gasteiger partial charge in [-0.15, -0.1) is 20.5 Å². The zero-order chi connectivity index (χ0) is 40.5. The van der Waals surface area contributed by atoms with Gasteiger partial charge in [0.1, 0.15) is 11.6 Å². The van der Waals surface area contributed by atoms with Crippen molar-refractivity contribution < 1.29 is 24.9 Å². The molecular formula is C33H25N19O5. The average molecular weight is 768 g/mol. The van der Waals surface area contributed by atoms with Crippen LogP contribution in [0.1, 0.15) is 50.5 Å². The van der Waals surface area contributed by atoms with Crippen molar-refractivity contribution in [3.63, 3.8) is 0 Å². The van der Waals surface area contributed by atoms with Gasteiger partial charge in [0.2, 0.25) is 0 Å². The van der Waals surface area contributed by atoms with E-state index in [-0.39, 0.29) is 69.2 Å². The number of carboxylic acid groups (broad SMARTS) is 2. The molecule has 282 valence electrons. The Labute approximate surface area is 318 Å². The number of rotatable bonds is 10. The van der Waals surface area contributed by atoms with Crippen LogP contribution in [0.4, 0.5) is 40.3 Å². The first kappa shape index (κ1) is 36.4. The standard InChI is InChI=1S/C33H25N19O5/c1-15-23(43-45-27-17(12-34)13-38-49(27)18-7-5-4-6-8-18)25(35)51(47-15)31-40-32(42-33(57)41-31)52-26(36)24(16(2)48-52)44-46-28-22(37-3)14-39-50(28)19-9-10-20(29(53)54)21(11-19)30(55)56/h5,7-11,13-14H,4,6,35-36H2,1-2H3,(H,53,54)(H,55,56)(H,40,41,42,57)/b45-43+,46-44+. The number of nitrogens with zero attached hydrogens (tertiary/aromatic N) is 17. The highest BCUT2D eigenvalue weighted by atomic mass is 16.4. The molecule has 0 saturated carbocycles. The molecular weight excluding hydrogens is 742 g/mol. The lowest BCUT2D eigenvalue weighted by Gasteiger charge is -2.08. The predicted molar refractivity (Wildman–Crippen MR) is 196 cm³/mol. The molecule has 0 aliphatic heterocycles. The van der Waals surface area contributed by atoms with Crippen LogP contribution < -0.4 is 11.5 Å². The Hall–Kier alpha value is -8.93. The SMILES string of the molecule is [C-]#[N+]c1cnn(-c2ccc(C(=O)O)c(C(=O)O)c2)c1/N=N/c1c(C)nn(-c2nc(O)nc(-n3nc(C)c(/N=N/c4c(C#N)cnn4C4=CCCC=C4)c3N)n2)c1N. The number of hydrogen-bond acceptors (Lipinski definition) is 17. The van der Waals surface area contributed by atoms with Gasteiger partial charge in [-0.1, -0.05) is 12.2 Å². The molecule has 7 rings (SSSR count). The third-order valence-electron chi connectivity index (χ3n) is 8.23. The number of nitrogens with two attached hydrogens (primary N) is 2. The van der Waals surface area contributed by atoms with E-state index in [0.717, 1.165) is 44.7 Å². The van der Waals surface area contributed by atoms with E-state index in [1.807, 2.05) is 18.2 Å². The van der Waals surface area contributed by atoms with Crippen LogP contribution in [-0.4, -0.2) is 81.3 Å². The second-order valence-electron chi connectivity index (χ2n) is 11.8. The molecule has 0 bridgehead atoms. The molecule has 0 atom stereocenters. The van der Waals surface area contributed by atoms with Crippen molar-refractivity contribution in [1.29, 1.82) is 5.26 Å². The summed E-state index contributed by atoms with van der Waals surface area (Å²) in [6.07, 6.45) is 10.0. The molecule has 6 aromatic rings. The van der Waals surface area contributed by atoms with Crippen LogP contribution in [0.3, 0.4) is 0 Å². The van der Waals surface area contributed by atoms with Gasteiger partial charge in [-0.05, 0) is 51.0 Å². The van der Waals surface area contributed by atoms with Gasteiger partial charge < -0.3 is 26.8 Å². The maximum Gasteiger partial charge on any atom is 0.336 e. The molecule has 0 saturated heterocycles. The van der Waals surface area contributed by atoms with Crippen molar-refractivity contribution >= 4 is 58.0 Å². The van der Waals surface area contributed by atoms with Gasteiger partial charge in [0.15, 0.2) is 34.6 Å². The van der Waals surface area contributed by atoms with E-state index in [9.17, 15) is 30.2 Å². The summed E-state index contributed by atoms with van der Waals surface area (Å²) in [5.41, 5.74) is 13.4. The minimum absolute atomic E-state index is 0.000174. The molecule has 7 N–H and O–H groups in total. The molecule has 0 amide bonds. The topological polar surface area (TPSA) is 334 Å².